The largest absolute Gasteiger partial charge is 0.464 e. The average Bonchev–Trinajstić information content (AvgIpc) is 2.94. The highest BCUT2D eigenvalue weighted by Crippen LogP contribution is 2.32. The van der Waals surface area contributed by atoms with Crippen LogP contribution in [0, 0.1) is 0 Å². The second-order valence-corrected chi connectivity index (χ2v) is 5.05. The lowest BCUT2D eigenvalue weighted by molar-refractivity contribution is 0.582. The normalized spacial score (nSPS) is 11.3. The Labute approximate surface area is 112 Å². The van der Waals surface area contributed by atoms with Crippen molar-refractivity contribution in [2.75, 3.05) is 0 Å². The highest BCUT2D eigenvalue weighted by Gasteiger charge is 2.13. The minimum atomic E-state index is -0.0338. The number of furan rings is 1. The standard InChI is InChI=1S/C13H11BrN2O2/c1-15-10-6-8(12-4-3-5-18-12)9(14)7-11(10)16(2)13(15)17/h3-7H,1-2H3. The number of rotatable bonds is 1. The topological polar surface area (TPSA) is 40.1 Å². The fraction of sp³-hybridized carbons (Fsp3) is 0.154. The summed E-state index contributed by atoms with van der Waals surface area (Å²) >= 11 is 3.52. The van der Waals surface area contributed by atoms with E-state index >= 15 is 0 Å². The van der Waals surface area contributed by atoms with Crippen LogP contribution < -0.4 is 5.69 Å². The summed E-state index contributed by atoms with van der Waals surface area (Å²) in [6, 6.07) is 7.64. The first kappa shape index (κ1) is 11.3. The highest BCUT2D eigenvalue weighted by atomic mass is 79.9. The number of nitrogens with zero attached hydrogens (tertiary/aromatic N) is 2. The molecule has 18 heavy (non-hydrogen) atoms. The second-order valence-electron chi connectivity index (χ2n) is 4.20. The molecule has 0 spiro atoms. The number of imidazole rings is 1. The van der Waals surface area contributed by atoms with Crippen LogP contribution in [0.2, 0.25) is 0 Å². The number of hydrogen-bond acceptors (Lipinski definition) is 2. The van der Waals surface area contributed by atoms with Gasteiger partial charge in [0.15, 0.2) is 0 Å². The van der Waals surface area contributed by atoms with Crippen molar-refractivity contribution in [3.8, 4) is 11.3 Å². The Morgan fingerprint density at radius 2 is 1.83 bits per heavy atom. The zero-order chi connectivity index (χ0) is 12.9. The van der Waals surface area contributed by atoms with Gasteiger partial charge in [0.1, 0.15) is 5.76 Å². The molecule has 0 saturated heterocycles. The molecule has 0 atom stereocenters. The summed E-state index contributed by atoms with van der Waals surface area (Å²) in [4.78, 5) is 11.9. The zero-order valence-corrected chi connectivity index (χ0v) is 11.6. The van der Waals surface area contributed by atoms with Crippen molar-refractivity contribution in [1.82, 2.24) is 9.13 Å². The summed E-state index contributed by atoms with van der Waals surface area (Å²) < 4.78 is 9.57. The molecular weight excluding hydrogens is 296 g/mol. The Kier molecular flexibility index (Phi) is 2.45. The molecule has 0 aliphatic carbocycles. The van der Waals surface area contributed by atoms with Crippen molar-refractivity contribution >= 4 is 27.0 Å². The Hall–Kier alpha value is -1.75. The molecule has 5 heteroatoms. The lowest BCUT2D eigenvalue weighted by atomic mass is 10.1. The molecule has 0 amide bonds. The third kappa shape index (κ3) is 1.47. The van der Waals surface area contributed by atoms with Gasteiger partial charge in [0.25, 0.3) is 0 Å². The average molecular weight is 307 g/mol. The predicted octanol–water partition coefficient (Wildman–Crippen LogP) is 2.90. The van der Waals surface area contributed by atoms with Gasteiger partial charge in [-0.15, -0.1) is 0 Å². The molecule has 0 aliphatic heterocycles. The van der Waals surface area contributed by atoms with Gasteiger partial charge >= 0.3 is 5.69 Å². The zero-order valence-electron chi connectivity index (χ0n) is 9.98. The van der Waals surface area contributed by atoms with E-state index in [2.05, 4.69) is 15.9 Å². The summed E-state index contributed by atoms with van der Waals surface area (Å²) in [6.45, 7) is 0. The van der Waals surface area contributed by atoms with E-state index in [1.807, 2.05) is 24.3 Å². The Balaban J connectivity index is 2.41. The van der Waals surface area contributed by atoms with Crippen molar-refractivity contribution in [2.24, 2.45) is 14.1 Å². The predicted molar refractivity (Wildman–Crippen MR) is 73.6 cm³/mol. The lowest BCUT2D eigenvalue weighted by Crippen LogP contribution is -2.19. The van der Waals surface area contributed by atoms with Crippen LogP contribution in [0.15, 0.2) is 44.2 Å². The molecule has 3 aromatic rings. The van der Waals surface area contributed by atoms with Crippen molar-refractivity contribution in [3.63, 3.8) is 0 Å². The molecule has 0 fully saturated rings. The van der Waals surface area contributed by atoms with Crippen LogP contribution >= 0.6 is 15.9 Å². The molecule has 2 aromatic heterocycles. The molecule has 0 N–H and O–H groups in total. The summed E-state index contributed by atoms with van der Waals surface area (Å²) in [5.74, 6) is 0.778. The van der Waals surface area contributed by atoms with Crippen molar-refractivity contribution in [3.05, 3.63) is 45.5 Å². The van der Waals surface area contributed by atoms with Gasteiger partial charge in [-0.05, 0) is 40.2 Å². The highest BCUT2D eigenvalue weighted by molar-refractivity contribution is 9.10. The van der Waals surface area contributed by atoms with Gasteiger partial charge in [-0.25, -0.2) is 4.79 Å². The fourth-order valence-electron chi connectivity index (χ4n) is 2.14. The van der Waals surface area contributed by atoms with E-state index < -0.39 is 0 Å². The Morgan fingerprint density at radius 1 is 1.17 bits per heavy atom. The first-order chi connectivity index (χ1) is 8.59. The summed E-state index contributed by atoms with van der Waals surface area (Å²) in [6.07, 6.45) is 1.63. The van der Waals surface area contributed by atoms with Crippen LogP contribution in [-0.2, 0) is 14.1 Å². The first-order valence-electron chi connectivity index (χ1n) is 5.48. The van der Waals surface area contributed by atoms with E-state index in [9.17, 15) is 4.79 Å². The van der Waals surface area contributed by atoms with Gasteiger partial charge in [0, 0.05) is 24.1 Å². The molecule has 0 radical (unpaired) electrons. The first-order valence-corrected chi connectivity index (χ1v) is 6.27. The maximum atomic E-state index is 11.9. The molecule has 4 nitrogen and oxygen atoms in total. The molecule has 0 unspecified atom stereocenters. The van der Waals surface area contributed by atoms with Crippen LogP contribution in [0.3, 0.4) is 0 Å². The van der Waals surface area contributed by atoms with E-state index in [0.717, 1.165) is 26.8 Å². The van der Waals surface area contributed by atoms with Crippen LogP contribution in [0.4, 0.5) is 0 Å². The molecular formula is C13H11BrN2O2. The lowest BCUT2D eigenvalue weighted by Gasteiger charge is -2.03. The van der Waals surface area contributed by atoms with Gasteiger partial charge in [-0.2, -0.15) is 0 Å². The molecule has 1 aromatic carbocycles. The quantitative estimate of drug-likeness (QED) is 0.693. The molecule has 0 bridgehead atoms. The van der Waals surface area contributed by atoms with Gasteiger partial charge in [0.2, 0.25) is 0 Å². The van der Waals surface area contributed by atoms with Gasteiger partial charge in [-0.1, -0.05) is 0 Å². The number of aromatic nitrogens is 2. The van der Waals surface area contributed by atoms with Crippen molar-refractivity contribution in [2.45, 2.75) is 0 Å². The fourth-order valence-corrected chi connectivity index (χ4v) is 2.67. The smallest absolute Gasteiger partial charge is 0.328 e. The number of halogens is 1. The van der Waals surface area contributed by atoms with Crippen molar-refractivity contribution < 1.29 is 4.42 Å². The van der Waals surface area contributed by atoms with Gasteiger partial charge in [-0.3, -0.25) is 9.13 Å². The van der Waals surface area contributed by atoms with Gasteiger partial charge in [0.05, 0.1) is 17.3 Å². The van der Waals surface area contributed by atoms with E-state index in [4.69, 9.17) is 4.42 Å². The molecule has 0 aliphatic rings. The number of benzene rings is 1. The summed E-state index contributed by atoms with van der Waals surface area (Å²) in [7, 11) is 3.54. The number of aryl methyl sites for hydroxylation is 2. The van der Waals surface area contributed by atoms with Gasteiger partial charge < -0.3 is 4.42 Å². The monoisotopic (exact) mass is 306 g/mol. The van der Waals surface area contributed by atoms with Crippen LogP contribution in [0.1, 0.15) is 0 Å². The molecule has 0 saturated carbocycles. The van der Waals surface area contributed by atoms with E-state index in [1.54, 1.807) is 29.5 Å². The van der Waals surface area contributed by atoms with E-state index in [-0.39, 0.29) is 5.69 Å². The number of fused-ring (bicyclic) bond motifs is 1. The molecule has 3 rings (SSSR count). The van der Waals surface area contributed by atoms with Crippen molar-refractivity contribution in [1.29, 1.82) is 0 Å². The van der Waals surface area contributed by atoms with E-state index in [1.165, 1.54) is 0 Å². The minimum Gasteiger partial charge on any atom is -0.464 e. The van der Waals surface area contributed by atoms with Crippen LogP contribution in [0.5, 0.6) is 0 Å². The maximum Gasteiger partial charge on any atom is 0.328 e. The maximum absolute atomic E-state index is 11.9. The molecule has 92 valence electrons. The molecule has 2 heterocycles. The van der Waals surface area contributed by atoms with E-state index in [0.29, 0.717) is 0 Å². The number of hydrogen-bond donors (Lipinski definition) is 0. The Morgan fingerprint density at radius 3 is 2.44 bits per heavy atom. The summed E-state index contributed by atoms with van der Waals surface area (Å²) in [5, 5.41) is 0. The third-order valence-corrected chi connectivity index (χ3v) is 3.80. The second kappa shape index (κ2) is 3.88. The minimum absolute atomic E-state index is 0.0338. The third-order valence-electron chi connectivity index (χ3n) is 3.15. The Bertz CT molecular complexity index is 782. The SMILES string of the molecule is Cn1c(=O)n(C)c2cc(-c3ccco3)c(Br)cc21. The summed E-state index contributed by atoms with van der Waals surface area (Å²) in [5.41, 5.74) is 2.68. The van der Waals surface area contributed by atoms with Crippen LogP contribution in [0.25, 0.3) is 22.4 Å². The van der Waals surface area contributed by atoms with Crippen LogP contribution in [-0.4, -0.2) is 9.13 Å².